The molecule has 1 aliphatic carbocycles. The summed E-state index contributed by atoms with van der Waals surface area (Å²) in [6.07, 6.45) is 7.72. The van der Waals surface area contributed by atoms with Crippen LogP contribution in [0.1, 0.15) is 100 Å². The van der Waals surface area contributed by atoms with E-state index in [2.05, 4.69) is 30.7 Å². The Bertz CT molecular complexity index is 2450. The molecule has 0 bridgehead atoms. The molecule has 3 saturated heterocycles. The second-order valence-corrected chi connectivity index (χ2v) is 18.1. The molecule has 0 spiro atoms. The van der Waals surface area contributed by atoms with Crippen LogP contribution in [0.5, 0.6) is 5.75 Å². The molecule has 3 amide bonds. The molecule has 18 heteroatoms. The summed E-state index contributed by atoms with van der Waals surface area (Å²) in [7, 11) is 1.52. The summed E-state index contributed by atoms with van der Waals surface area (Å²) in [6.45, 7) is 7.54. The van der Waals surface area contributed by atoms with Crippen molar-refractivity contribution in [3.8, 4) is 5.75 Å². The average molecular weight is 883 g/mol. The third-order valence-corrected chi connectivity index (χ3v) is 13.6. The zero-order chi connectivity index (χ0) is 43.9. The van der Waals surface area contributed by atoms with Gasteiger partial charge in [0, 0.05) is 73.4 Å². The van der Waals surface area contributed by atoms with Gasteiger partial charge in [-0.05, 0) is 102 Å². The summed E-state index contributed by atoms with van der Waals surface area (Å²) in [4.78, 5) is 70.1. The SMILES string of the molecule is CNC(=O)COc1cc2cc(Nc3nc(N4CCC(OC5CC(N6CCC(c7ccc8c(n7)CN(C7CCC(=O)NC7=O)C8O)CC6)C5)CC4)ncc3Cl)ccc2n(C(C)C)c1=O. The van der Waals surface area contributed by atoms with Crippen LogP contribution < -0.4 is 31.1 Å². The summed E-state index contributed by atoms with van der Waals surface area (Å²) in [5, 5.41) is 20.4. The number of piperidine rings is 3. The Morgan fingerprint density at radius 3 is 2.49 bits per heavy atom. The van der Waals surface area contributed by atoms with E-state index in [0.29, 0.717) is 41.7 Å². The maximum Gasteiger partial charge on any atom is 0.293 e. The molecular weight excluding hydrogens is 828 g/mol. The predicted octanol–water partition coefficient (Wildman–Crippen LogP) is 4.30. The third kappa shape index (κ3) is 8.98. The number of benzene rings is 1. The largest absolute Gasteiger partial charge is 0.478 e. The first-order chi connectivity index (χ1) is 30.4. The number of likely N-dealkylation sites (N-methyl/N-ethyl adjacent to an activating group) is 1. The van der Waals surface area contributed by atoms with Crippen molar-refractivity contribution in [3.63, 3.8) is 0 Å². The number of aromatic nitrogens is 4. The maximum absolute atomic E-state index is 13.2. The number of carbonyl (C=O) groups excluding carboxylic acids is 3. The van der Waals surface area contributed by atoms with E-state index >= 15 is 0 Å². The fourth-order valence-electron chi connectivity index (χ4n) is 9.77. The van der Waals surface area contributed by atoms with Crippen molar-refractivity contribution in [1.82, 2.24) is 40.0 Å². The number of halogens is 1. The Morgan fingerprint density at radius 1 is 0.984 bits per heavy atom. The van der Waals surface area contributed by atoms with Gasteiger partial charge in [0.25, 0.3) is 11.5 Å². The van der Waals surface area contributed by atoms with Crippen LogP contribution in [-0.2, 0) is 25.7 Å². The number of imide groups is 1. The highest BCUT2D eigenvalue weighted by Gasteiger charge is 2.42. The molecule has 17 nitrogen and oxygen atoms in total. The number of nitrogens with one attached hydrogen (secondary N) is 3. The van der Waals surface area contributed by atoms with Gasteiger partial charge >= 0.3 is 0 Å². The van der Waals surface area contributed by atoms with E-state index in [9.17, 15) is 24.3 Å². The van der Waals surface area contributed by atoms with Gasteiger partial charge in [0.15, 0.2) is 18.2 Å². The van der Waals surface area contributed by atoms with Gasteiger partial charge in [-0.15, -0.1) is 0 Å². The van der Waals surface area contributed by atoms with Crippen molar-refractivity contribution in [2.75, 3.05) is 50.1 Å². The highest BCUT2D eigenvalue weighted by atomic mass is 35.5. The molecule has 63 heavy (non-hydrogen) atoms. The maximum atomic E-state index is 13.2. The zero-order valence-electron chi connectivity index (χ0n) is 35.9. The second-order valence-electron chi connectivity index (χ2n) is 17.7. The van der Waals surface area contributed by atoms with Crippen molar-refractivity contribution in [3.05, 3.63) is 74.9 Å². The molecule has 4 N–H and O–H groups in total. The Labute approximate surface area is 370 Å². The Balaban J connectivity index is 0.739. The first-order valence-electron chi connectivity index (χ1n) is 22.2. The standard InChI is InChI=1S/C45H55ClN10O7/c1-25(2)56-36-7-4-28(18-27(36)19-38(44(56)61)62-24-40(58)47-3)49-41-33(46)22-48-45(52-41)54-16-12-30(13-17-54)63-31-20-29(21-31)53-14-10-26(11-15-53)34-6-5-32-35(50-34)23-55(43(32)60)37-8-9-39(57)51-42(37)59/h4-7,18-19,22,25-26,29-31,37,43,60H,8-17,20-21,23-24H2,1-3H3,(H,47,58)(H,48,49,52)(H,51,57,59). The van der Waals surface area contributed by atoms with E-state index in [1.54, 1.807) is 21.7 Å². The molecule has 4 aliphatic heterocycles. The summed E-state index contributed by atoms with van der Waals surface area (Å²) < 4.78 is 13.9. The fourth-order valence-corrected chi connectivity index (χ4v) is 9.91. The molecule has 1 aromatic carbocycles. The monoisotopic (exact) mass is 882 g/mol. The number of fused-ring (bicyclic) bond motifs is 2. The third-order valence-electron chi connectivity index (χ3n) is 13.4. The molecule has 4 aromatic rings. The molecule has 7 heterocycles. The number of hydrogen-bond acceptors (Lipinski definition) is 14. The highest BCUT2D eigenvalue weighted by molar-refractivity contribution is 6.33. The van der Waals surface area contributed by atoms with Gasteiger partial charge in [-0.25, -0.2) is 4.98 Å². The number of anilines is 3. The highest BCUT2D eigenvalue weighted by Crippen LogP contribution is 2.39. The lowest BCUT2D eigenvalue weighted by molar-refractivity contribution is -0.141. The van der Waals surface area contributed by atoms with Gasteiger partial charge in [-0.1, -0.05) is 17.7 Å². The predicted molar refractivity (Wildman–Crippen MR) is 236 cm³/mol. The number of aliphatic hydroxyl groups is 1. The Morgan fingerprint density at radius 2 is 1.76 bits per heavy atom. The minimum absolute atomic E-state index is 0.0954. The molecule has 9 rings (SSSR count). The number of rotatable bonds is 12. The van der Waals surface area contributed by atoms with Crippen LogP contribution in [0.2, 0.25) is 5.02 Å². The number of likely N-dealkylation sites (tertiary alicyclic amines) is 1. The van der Waals surface area contributed by atoms with Crippen molar-refractivity contribution in [2.45, 2.75) is 114 Å². The van der Waals surface area contributed by atoms with Crippen LogP contribution in [0.15, 0.2) is 47.4 Å². The van der Waals surface area contributed by atoms with Crippen LogP contribution in [0, 0.1) is 0 Å². The van der Waals surface area contributed by atoms with Crippen molar-refractivity contribution in [1.29, 1.82) is 0 Å². The van der Waals surface area contributed by atoms with Gasteiger partial charge in [0.1, 0.15) is 11.3 Å². The molecule has 4 fully saturated rings. The van der Waals surface area contributed by atoms with Gasteiger partial charge in [0.05, 0.1) is 35.7 Å². The van der Waals surface area contributed by atoms with Crippen molar-refractivity contribution < 1.29 is 29.0 Å². The van der Waals surface area contributed by atoms with E-state index in [-0.39, 0.29) is 60.3 Å². The number of carbonyl (C=O) groups is 3. The average Bonchev–Trinajstić information content (AvgIpc) is 3.59. The van der Waals surface area contributed by atoms with Gasteiger partial charge in [-0.3, -0.25) is 34.4 Å². The van der Waals surface area contributed by atoms with Crippen molar-refractivity contribution in [2.24, 2.45) is 0 Å². The number of ether oxygens (including phenoxy) is 2. The zero-order valence-corrected chi connectivity index (χ0v) is 36.6. The van der Waals surface area contributed by atoms with Gasteiger partial charge < -0.3 is 39.6 Å². The minimum atomic E-state index is -0.900. The lowest BCUT2D eigenvalue weighted by atomic mass is 9.84. The molecule has 0 radical (unpaired) electrons. The molecule has 2 unspecified atom stereocenters. The van der Waals surface area contributed by atoms with E-state index in [1.807, 2.05) is 44.2 Å². The number of nitrogens with zero attached hydrogens (tertiary/aromatic N) is 7. The lowest BCUT2D eigenvalue weighted by Gasteiger charge is -2.47. The normalized spacial score (nSPS) is 23.7. The molecule has 1 saturated carbocycles. The molecule has 334 valence electrons. The molecule has 5 aliphatic rings. The van der Waals surface area contributed by atoms with Crippen LogP contribution in [0.25, 0.3) is 10.9 Å². The Kier molecular flexibility index (Phi) is 12.4. The second kappa shape index (κ2) is 18.1. The quantitative estimate of drug-likeness (QED) is 0.147. The first kappa shape index (κ1) is 43.1. The van der Waals surface area contributed by atoms with E-state index in [4.69, 9.17) is 31.0 Å². The van der Waals surface area contributed by atoms with Gasteiger partial charge in [-0.2, -0.15) is 4.98 Å². The van der Waals surface area contributed by atoms with E-state index in [0.717, 1.165) is 98.2 Å². The van der Waals surface area contributed by atoms with E-state index < -0.39 is 12.3 Å². The number of aliphatic hydroxyl groups excluding tert-OH is 1. The molecular formula is C45H55ClN10O7. The molecule has 2 atom stereocenters. The number of hydrogen-bond donors (Lipinski definition) is 4. The van der Waals surface area contributed by atoms with Crippen molar-refractivity contribution >= 4 is 57.7 Å². The summed E-state index contributed by atoms with van der Waals surface area (Å²) in [5.41, 5.74) is 3.77. The number of amides is 3. The smallest absolute Gasteiger partial charge is 0.293 e. The Hall–Kier alpha value is -5.20. The van der Waals surface area contributed by atoms with Crippen LogP contribution in [0.4, 0.5) is 17.5 Å². The summed E-state index contributed by atoms with van der Waals surface area (Å²) in [5.74, 6) is 0.567. The first-order valence-corrected chi connectivity index (χ1v) is 22.5. The number of pyridine rings is 2. The van der Waals surface area contributed by atoms with E-state index in [1.165, 1.54) is 7.05 Å². The molecule has 3 aromatic heterocycles. The van der Waals surface area contributed by atoms with Crippen LogP contribution in [0.3, 0.4) is 0 Å². The topological polar surface area (TPSA) is 196 Å². The summed E-state index contributed by atoms with van der Waals surface area (Å²) in [6, 6.07) is 11.2. The summed E-state index contributed by atoms with van der Waals surface area (Å²) >= 11 is 6.60. The lowest BCUT2D eigenvalue weighted by Crippen LogP contribution is -2.52. The van der Waals surface area contributed by atoms with Crippen LogP contribution >= 0.6 is 11.6 Å². The van der Waals surface area contributed by atoms with Gasteiger partial charge in [0.2, 0.25) is 17.8 Å². The van der Waals surface area contributed by atoms with Crippen LogP contribution in [-0.4, -0.2) is 116 Å². The minimum Gasteiger partial charge on any atom is -0.478 e. The fraction of sp³-hybridized carbons (Fsp3) is 0.533.